The molecular formula is C16H22BrClN2O. The molecule has 0 unspecified atom stereocenters. The zero-order chi connectivity index (χ0) is 15.5. The van der Waals surface area contributed by atoms with Gasteiger partial charge in [0.05, 0.1) is 5.02 Å². The highest BCUT2D eigenvalue weighted by Gasteiger charge is 2.40. The molecule has 5 heteroatoms. The second-order valence-electron chi connectivity index (χ2n) is 5.93. The molecule has 0 heterocycles. The van der Waals surface area contributed by atoms with Crippen LogP contribution in [-0.4, -0.2) is 11.4 Å². The fourth-order valence-corrected chi connectivity index (χ4v) is 3.65. The first-order valence-corrected chi connectivity index (χ1v) is 8.67. The number of benzene rings is 1. The lowest BCUT2D eigenvalue weighted by Crippen LogP contribution is -2.52. The quantitative estimate of drug-likeness (QED) is 0.784. The molecule has 1 aromatic carbocycles. The molecule has 1 aromatic rings. The number of rotatable bonds is 5. The predicted octanol–water partition coefficient (Wildman–Crippen LogP) is 4.73. The van der Waals surface area contributed by atoms with Crippen LogP contribution < -0.4 is 11.1 Å². The summed E-state index contributed by atoms with van der Waals surface area (Å²) in [5, 5.41) is 4.01. The summed E-state index contributed by atoms with van der Waals surface area (Å²) in [7, 11) is 0. The van der Waals surface area contributed by atoms with Crippen molar-refractivity contribution in [2.45, 2.75) is 51.0 Å². The smallest absolute Gasteiger partial charge is 0.243 e. The molecule has 0 aliphatic heterocycles. The molecule has 1 saturated carbocycles. The van der Waals surface area contributed by atoms with Crippen molar-refractivity contribution < 1.29 is 4.79 Å². The third-order valence-corrected chi connectivity index (χ3v) is 5.64. The van der Waals surface area contributed by atoms with Crippen molar-refractivity contribution in [3.05, 3.63) is 27.7 Å². The number of nitrogens with two attached hydrogens (primary N) is 1. The lowest BCUT2D eigenvalue weighted by Gasteiger charge is -2.39. The van der Waals surface area contributed by atoms with E-state index in [1.807, 2.05) is 18.2 Å². The van der Waals surface area contributed by atoms with Crippen LogP contribution in [0.5, 0.6) is 0 Å². The van der Waals surface area contributed by atoms with Crippen LogP contribution in [-0.2, 0) is 4.79 Å². The number of hydrogen-bond donors (Lipinski definition) is 2. The average molecular weight is 374 g/mol. The minimum absolute atomic E-state index is 0.261. The Kier molecular flexibility index (Phi) is 5.55. The molecule has 0 spiro atoms. The number of primary amides is 1. The fourth-order valence-electron chi connectivity index (χ4n) is 3.15. The van der Waals surface area contributed by atoms with Gasteiger partial charge in [-0.2, -0.15) is 0 Å². The molecule has 0 radical (unpaired) electrons. The Labute approximate surface area is 139 Å². The van der Waals surface area contributed by atoms with Crippen LogP contribution in [0.15, 0.2) is 22.7 Å². The molecule has 21 heavy (non-hydrogen) atoms. The number of halogens is 2. The van der Waals surface area contributed by atoms with E-state index in [-0.39, 0.29) is 5.91 Å². The van der Waals surface area contributed by atoms with Crippen molar-refractivity contribution in [1.82, 2.24) is 0 Å². The third-order valence-electron chi connectivity index (χ3n) is 4.43. The lowest BCUT2D eigenvalue weighted by atomic mass is 9.74. The Morgan fingerprint density at radius 2 is 2.14 bits per heavy atom. The van der Waals surface area contributed by atoms with Gasteiger partial charge in [-0.05, 0) is 65.7 Å². The zero-order valence-corrected chi connectivity index (χ0v) is 14.6. The van der Waals surface area contributed by atoms with Gasteiger partial charge >= 0.3 is 0 Å². The van der Waals surface area contributed by atoms with E-state index in [9.17, 15) is 4.79 Å². The van der Waals surface area contributed by atoms with E-state index in [1.54, 1.807) is 0 Å². The molecule has 0 atom stereocenters. The van der Waals surface area contributed by atoms with Crippen molar-refractivity contribution >= 4 is 39.1 Å². The van der Waals surface area contributed by atoms with Crippen LogP contribution in [0.4, 0.5) is 5.69 Å². The Bertz CT molecular complexity index is 513. The highest BCUT2D eigenvalue weighted by Crippen LogP contribution is 2.37. The Morgan fingerprint density at radius 1 is 1.48 bits per heavy atom. The van der Waals surface area contributed by atoms with Crippen molar-refractivity contribution in [2.75, 3.05) is 5.32 Å². The number of carbonyl (C=O) groups is 1. The van der Waals surface area contributed by atoms with Gasteiger partial charge < -0.3 is 11.1 Å². The predicted molar refractivity (Wildman–Crippen MR) is 91.6 cm³/mol. The maximum atomic E-state index is 12.0. The Morgan fingerprint density at radius 3 is 2.67 bits per heavy atom. The summed E-state index contributed by atoms with van der Waals surface area (Å²) >= 11 is 9.42. The van der Waals surface area contributed by atoms with Gasteiger partial charge in [0.2, 0.25) is 5.91 Å². The van der Waals surface area contributed by atoms with Gasteiger partial charge in [-0.25, -0.2) is 0 Å². The molecule has 116 valence electrons. The van der Waals surface area contributed by atoms with Crippen LogP contribution >= 0.6 is 27.5 Å². The molecule has 2 rings (SSSR count). The summed E-state index contributed by atoms with van der Waals surface area (Å²) in [6, 6.07) is 5.59. The molecule has 0 aromatic heterocycles. The van der Waals surface area contributed by atoms with E-state index in [0.29, 0.717) is 5.02 Å². The average Bonchev–Trinajstić information content (AvgIpc) is 2.45. The van der Waals surface area contributed by atoms with Crippen LogP contribution in [0.2, 0.25) is 5.02 Å². The fraction of sp³-hybridized carbons (Fsp3) is 0.562. The summed E-state index contributed by atoms with van der Waals surface area (Å²) in [5.41, 5.74) is 5.94. The van der Waals surface area contributed by atoms with Gasteiger partial charge in [-0.3, -0.25) is 4.79 Å². The van der Waals surface area contributed by atoms with Crippen LogP contribution in [0, 0.1) is 5.92 Å². The normalized spacial score (nSPS) is 25.6. The first-order chi connectivity index (χ1) is 9.97. The Hall–Kier alpha value is -0.740. The highest BCUT2D eigenvalue weighted by atomic mass is 79.9. The third kappa shape index (κ3) is 3.92. The van der Waals surface area contributed by atoms with E-state index in [2.05, 4.69) is 28.2 Å². The number of amides is 1. The summed E-state index contributed by atoms with van der Waals surface area (Å²) in [6.07, 6.45) is 6.14. The number of nitrogens with one attached hydrogen (secondary N) is 1. The molecule has 3 N–H and O–H groups in total. The molecule has 1 amide bonds. The second kappa shape index (κ2) is 7.01. The molecule has 1 aliphatic carbocycles. The lowest BCUT2D eigenvalue weighted by molar-refractivity contribution is -0.123. The molecule has 1 aliphatic rings. The second-order valence-corrected chi connectivity index (χ2v) is 7.19. The first-order valence-electron chi connectivity index (χ1n) is 7.50. The number of anilines is 1. The summed E-state index contributed by atoms with van der Waals surface area (Å²) in [5.74, 6) is 0.463. The largest absolute Gasteiger partial charge is 0.371 e. The van der Waals surface area contributed by atoms with Crippen LogP contribution in [0.25, 0.3) is 0 Å². The van der Waals surface area contributed by atoms with E-state index in [4.69, 9.17) is 17.3 Å². The topological polar surface area (TPSA) is 55.1 Å². The Balaban J connectivity index is 2.12. The van der Waals surface area contributed by atoms with E-state index < -0.39 is 5.54 Å². The summed E-state index contributed by atoms with van der Waals surface area (Å²) < 4.78 is 0.813. The molecule has 0 saturated heterocycles. The van der Waals surface area contributed by atoms with Gasteiger partial charge in [0, 0.05) is 10.2 Å². The van der Waals surface area contributed by atoms with Gasteiger partial charge in [-0.15, -0.1) is 0 Å². The number of carbonyl (C=O) groups excluding carboxylic acids is 1. The SMILES string of the molecule is CCCC1CCC(Nc2ccc(Cl)c(Br)c2)(C(N)=O)CC1. The van der Waals surface area contributed by atoms with Crippen molar-refractivity contribution in [3.8, 4) is 0 Å². The standard InChI is InChI=1S/C16H22BrClN2O/c1-2-3-11-6-8-16(9-7-11,15(19)21)20-12-4-5-14(18)13(17)10-12/h4-5,10-11,20H,2-3,6-9H2,1H3,(H2,19,21). The number of hydrogen-bond acceptors (Lipinski definition) is 2. The van der Waals surface area contributed by atoms with E-state index in [0.717, 1.165) is 41.8 Å². The van der Waals surface area contributed by atoms with Gasteiger partial charge in [0.25, 0.3) is 0 Å². The van der Waals surface area contributed by atoms with Crippen LogP contribution in [0.1, 0.15) is 45.4 Å². The summed E-state index contributed by atoms with van der Waals surface area (Å²) in [6.45, 7) is 2.21. The maximum absolute atomic E-state index is 12.0. The van der Waals surface area contributed by atoms with Gasteiger partial charge in [0.1, 0.15) is 5.54 Å². The van der Waals surface area contributed by atoms with Gasteiger partial charge in [-0.1, -0.05) is 31.4 Å². The van der Waals surface area contributed by atoms with Crippen LogP contribution in [0.3, 0.4) is 0 Å². The van der Waals surface area contributed by atoms with Crippen molar-refractivity contribution in [2.24, 2.45) is 11.7 Å². The first kappa shape index (κ1) is 16.6. The minimum Gasteiger partial charge on any atom is -0.371 e. The minimum atomic E-state index is -0.627. The molecule has 0 bridgehead atoms. The molecule has 1 fully saturated rings. The van der Waals surface area contributed by atoms with E-state index >= 15 is 0 Å². The maximum Gasteiger partial charge on any atom is 0.243 e. The van der Waals surface area contributed by atoms with E-state index in [1.165, 1.54) is 12.8 Å². The highest BCUT2D eigenvalue weighted by molar-refractivity contribution is 9.10. The van der Waals surface area contributed by atoms with Crippen molar-refractivity contribution in [3.63, 3.8) is 0 Å². The monoisotopic (exact) mass is 372 g/mol. The molecular weight excluding hydrogens is 352 g/mol. The van der Waals surface area contributed by atoms with Crippen molar-refractivity contribution in [1.29, 1.82) is 0 Å². The summed E-state index contributed by atoms with van der Waals surface area (Å²) in [4.78, 5) is 12.0. The zero-order valence-electron chi connectivity index (χ0n) is 12.3. The van der Waals surface area contributed by atoms with Gasteiger partial charge in [0.15, 0.2) is 0 Å². The molecule has 3 nitrogen and oxygen atoms in total.